The highest BCUT2D eigenvalue weighted by atomic mass is 16.4. The molecular weight excluding hydrogens is 238 g/mol. The molecule has 0 radical (unpaired) electrons. The van der Waals surface area contributed by atoms with Gasteiger partial charge in [-0.3, -0.25) is 4.79 Å². The molecular formula is C11H21N3O4. The van der Waals surface area contributed by atoms with Gasteiger partial charge in [0.25, 0.3) is 0 Å². The van der Waals surface area contributed by atoms with E-state index in [2.05, 4.69) is 16.0 Å². The summed E-state index contributed by atoms with van der Waals surface area (Å²) in [6.07, 6.45) is 0.802. The van der Waals surface area contributed by atoms with Gasteiger partial charge in [-0.25, -0.2) is 9.59 Å². The van der Waals surface area contributed by atoms with Crippen molar-refractivity contribution in [3.63, 3.8) is 0 Å². The smallest absolute Gasteiger partial charge is 0.328 e. The van der Waals surface area contributed by atoms with E-state index in [1.165, 1.54) is 20.8 Å². The second-order valence-electron chi connectivity index (χ2n) is 4.54. The number of amides is 3. The van der Waals surface area contributed by atoms with Gasteiger partial charge in [-0.15, -0.1) is 0 Å². The zero-order chi connectivity index (χ0) is 14.3. The van der Waals surface area contributed by atoms with Crippen molar-refractivity contribution in [2.45, 2.75) is 45.7 Å². The molecule has 0 aliphatic carbocycles. The second-order valence-corrected chi connectivity index (χ2v) is 4.54. The Morgan fingerprint density at radius 1 is 1.28 bits per heavy atom. The average molecular weight is 259 g/mol. The lowest BCUT2D eigenvalue weighted by Gasteiger charge is -2.22. The summed E-state index contributed by atoms with van der Waals surface area (Å²) in [6.45, 7) is 6.69. The summed E-state index contributed by atoms with van der Waals surface area (Å²) in [7, 11) is 0. The van der Waals surface area contributed by atoms with Crippen LogP contribution in [0.1, 0.15) is 34.1 Å². The van der Waals surface area contributed by atoms with Crippen molar-refractivity contribution >= 4 is 17.9 Å². The highest BCUT2D eigenvalue weighted by Gasteiger charge is 2.29. The second kappa shape index (κ2) is 6.83. The van der Waals surface area contributed by atoms with E-state index in [-0.39, 0.29) is 5.91 Å². The van der Waals surface area contributed by atoms with E-state index in [0.29, 0.717) is 6.54 Å². The molecule has 0 aliphatic heterocycles. The average Bonchev–Trinajstić information content (AvgIpc) is 2.24. The van der Waals surface area contributed by atoms with Gasteiger partial charge >= 0.3 is 12.0 Å². The summed E-state index contributed by atoms with van der Waals surface area (Å²) in [5.74, 6) is -1.46. The molecule has 0 spiro atoms. The molecule has 0 rings (SSSR count). The quantitative estimate of drug-likeness (QED) is 0.541. The maximum atomic E-state index is 11.5. The van der Waals surface area contributed by atoms with E-state index >= 15 is 0 Å². The molecule has 0 bridgehead atoms. The minimum atomic E-state index is -1.39. The van der Waals surface area contributed by atoms with Crippen molar-refractivity contribution in [2.75, 3.05) is 6.54 Å². The van der Waals surface area contributed by atoms with Crippen molar-refractivity contribution in [3.8, 4) is 0 Å². The summed E-state index contributed by atoms with van der Waals surface area (Å²) in [5, 5.41) is 16.1. The van der Waals surface area contributed by atoms with E-state index in [1.807, 2.05) is 6.92 Å². The van der Waals surface area contributed by atoms with Crippen LogP contribution in [-0.4, -0.2) is 41.1 Å². The number of carbonyl (C=O) groups is 3. The Morgan fingerprint density at radius 3 is 2.28 bits per heavy atom. The fraction of sp³-hybridized carbons (Fsp3) is 0.727. The summed E-state index contributed by atoms with van der Waals surface area (Å²) in [4.78, 5) is 33.7. The Balaban J connectivity index is 4.24. The van der Waals surface area contributed by atoms with Crippen LogP contribution in [0.25, 0.3) is 0 Å². The maximum absolute atomic E-state index is 11.5. The van der Waals surface area contributed by atoms with Crippen molar-refractivity contribution in [3.05, 3.63) is 0 Å². The lowest BCUT2D eigenvalue weighted by molar-refractivity contribution is -0.142. The third-order valence-electron chi connectivity index (χ3n) is 2.25. The number of carboxylic acid groups (broad SMARTS) is 1. The topological polar surface area (TPSA) is 108 Å². The largest absolute Gasteiger partial charge is 0.480 e. The van der Waals surface area contributed by atoms with Gasteiger partial charge in [0.1, 0.15) is 11.6 Å². The summed E-state index contributed by atoms with van der Waals surface area (Å²) < 4.78 is 0. The van der Waals surface area contributed by atoms with Crippen LogP contribution in [0, 0.1) is 0 Å². The van der Waals surface area contributed by atoms with Gasteiger partial charge in [0, 0.05) is 6.54 Å². The van der Waals surface area contributed by atoms with Crippen molar-refractivity contribution in [1.29, 1.82) is 0 Å². The Kier molecular flexibility index (Phi) is 6.15. The first-order valence-electron chi connectivity index (χ1n) is 5.80. The fourth-order valence-corrected chi connectivity index (χ4v) is 1.04. The molecule has 4 N–H and O–H groups in total. The Labute approximate surface area is 106 Å². The van der Waals surface area contributed by atoms with Crippen LogP contribution in [0.4, 0.5) is 4.79 Å². The highest BCUT2D eigenvalue weighted by molar-refractivity contribution is 5.89. The first-order valence-corrected chi connectivity index (χ1v) is 5.80. The number of hydrogen-bond donors (Lipinski definition) is 4. The van der Waals surface area contributed by atoms with Crippen molar-refractivity contribution < 1.29 is 19.5 Å². The van der Waals surface area contributed by atoms with Crippen LogP contribution < -0.4 is 16.0 Å². The van der Waals surface area contributed by atoms with E-state index in [4.69, 9.17) is 5.11 Å². The Morgan fingerprint density at radius 2 is 1.83 bits per heavy atom. The van der Waals surface area contributed by atoms with E-state index < -0.39 is 23.6 Å². The van der Waals surface area contributed by atoms with E-state index in [9.17, 15) is 14.4 Å². The van der Waals surface area contributed by atoms with Crippen molar-refractivity contribution in [1.82, 2.24) is 16.0 Å². The molecule has 1 atom stereocenters. The minimum Gasteiger partial charge on any atom is -0.480 e. The van der Waals surface area contributed by atoms with Gasteiger partial charge in [-0.05, 0) is 27.2 Å². The number of urea groups is 1. The first-order chi connectivity index (χ1) is 8.20. The molecule has 3 amide bonds. The normalized spacial score (nSPS) is 12.4. The van der Waals surface area contributed by atoms with E-state index in [0.717, 1.165) is 6.42 Å². The number of nitrogens with one attached hydrogen (secondary N) is 3. The zero-order valence-electron chi connectivity index (χ0n) is 11.2. The summed E-state index contributed by atoms with van der Waals surface area (Å²) >= 11 is 0. The highest BCUT2D eigenvalue weighted by Crippen LogP contribution is 2.01. The molecule has 0 saturated carbocycles. The molecule has 1 unspecified atom stereocenters. The van der Waals surface area contributed by atoms with Gasteiger partial charge < -0.3 is 21.1 Å². The fourth-order valence-electron chi connectivity index (χ4n) is 1.04. The standard InChI is InChI=1S/C11H21N3O4/c1-5-6-12-8(15)7(2)13-10(18)14-11(3,4)9(16)17/h7H,5-6H2,1-4H3,(H,12,15)(H,16,17)(H2,13,14,18). The Hall–Kier alpha value is -1.79. The summed E-state index contributed by atoms with van der Waals surface area (Å²) in [5.41, 5.74) is -1.39. The SMILES string of the molecule is CCCNC(=O)C(C)NC(=O)NC(C)(C)C(=O)O. The molecule has 0 aliphatic rings. The van der Waals surface area contributed by atoms with Gasteiger partial charge in [-0.1, -0.05) is 6.92 Å². The predicted octanol–water partition coefficient (Wildman–Crippen LogP) is 0.0635. The third-order valence-corrected chi connectivity index (χ3v) is 2.25. The van der Waals surface area contributed by atoms with Gasteiger partial charge in [-0.2, -0.15) is 0 Å². The lowest BCUT2D eigenvalue weighted by atomic mass is 10.1. The van der Waals surface area contributed by atoms with E-state index in [1.54, 1.807) is 0 Å². The molecule has 0 fully saturated rings. The van der Waals surface area contributed by atoms with Crippen LogP contribution >= 0.6 is 0 Å². The van der Waals surface area contributed by atoms with Gasteiger partial charge in [0.15, 0.2) is 0 Å². The van der Waals surface area contributed by atoms with Gasteiger partial charge in [0.2, 0.25) is 5.91 Å². The molecule has 0 aromatic heterocycles. The number of carbonyl (C=O) groups excluding carboxylic acids is 2. The molecule has 0 aromatic carbocycles. The predicted molar refractivity (Wildman–Crippen MR) is 66.1 cm³/mol. The first kappa shape index (κ1) is 16.2. The van der Waals surface area contributed by atoms with Gasteiger partial charge in [0.05, 0.1) is 0 Å². The molecule has 0 heterocycles. The number of aliphatic carboxylic acids is 1. The molecule has 7 nitrogen and oxygen atoms in total. The molecule has 7 heteroatoms. The van der Waals surface area contributed by atoms with Crippen LogP contribution in [-0.2, 0) is 9.59 Å². The summed E-state index contributed by atoms with van der Waals surface area (Å²) in [6, 6.07) is -1.41. The molecule has 0 aromatic rings. The number of hydrogen-bond acceptors (Lipinski definition) is 3. The number of carboxylic acids is 1. The van der Waals surface area contributed by atoms with Crippen molar-refractivity contribution in [2.24, 2.45) is 0 Å². The molecule has 0 saturated heterocycles. The Bertz CT molecular complexity index is 328. The van der Waals surface area contributed by atoms with Crippen LogP contribution in [0.5, 0.6) is 0 Å². The maximum Gasteiger partial charge on any atom is 0.328 e. The van der Waals surface area contributed by atoms with Crippen LogP contribution in [0.3, 0.4) is 0 Å². The molecule has 104 valence electrons. The van der Waals surface area contributed by atoms with Crippen LogP contribution in [0.2, 0.25) is 0 Å². The minimum absolute atomic E-state index is 0.305. The third kappa shape index (κ3) is 5.51. The molecule has 18 heavy (non-hydrogen) atoms. The monoisotopic (exact) mass is 259 g/mol. The zero-order valence-corrected chi connectivity index (χ0v) is 11.2. The number of rotatable bonds is 6. The van der Waals surface area contributed by atoms with Crippen LogP contribution in [0.15, 0.2) is 0 Å². The lowest BCUT2D eigenvalue weighted by Crippen LogP contribution is -2.56.